The molecule has 0 saturated heterocycles. The largest absolute Gasteiger partial charge is 0.326 e. The fourth-order valence-corrected chi connectivity index (χ4v) is 2.35. The highest BCUT2D eigenvalue weighted by Crippen LogP contribution is 2.17. The average Bonchev–Trinajstić information content (AvgIpc) is 2.52. The highest BCUT2D eigenvalue weighted by atomic mass is 19.1. The second-order valence-electron chi connectivity index (χ2n) is 5.74. The van der Waals surface area contributed by atoms with Crippen LogP contribution in [0.2, 0.25) is 0 Å². The first-order valence-electron chi connectivity index (χ1n) is 7.77. The summed E-state index contributed by atoms with van der Waals surface area (Å²) in [6.45, 7) is 5.65. The van der Waals surface area contributed by atoms with Gasteiger partial charge in [0.15, 0.2) is 0 Å². The summed E-state index contributed by atoms with van der Waals surface area (Å²) in [5.74, 6) is -0.734. The van der Waals surface area contributed by atoms with Gasteiger partial charge in [0, 0.05) is 31.3 Å². The van der Waals surface area contributed by atoms with Gasteiger partial charge >= 0.3 is 0 Å². The highest BCUT2D eigenvalue weighted by Gasteiger charge is 2.13. The van der Waals surface area contributed by atoms with Crippen molar-refractivity contribution in [2.24, 2.45) is 0 Å². The van der Waals surface area contributed by atoms with Gasteiger partial charge in [0.1, 0.15) is 5.82 Å². The van der Waals surface area contributed by atoms with Gasteiger partial charge in [-0.2, -0.15) is 0 Å². The minimum Gasteiger partial charge on any atom is -0.326 e. The molecule has 0 aliphatic heterocycles. The zero-order valence-corrected chi connectivity index (χ0v) is 14.1. The van der Waals surface area contributed by atoms with E-state index in [1.165, 1.54) is 36.1 Å². The number of nitrogens with one attached hydrogen (secondary N) is 1. The highest BCUT2D eigenvalue weighted by molar-refractivity contribution is 5.94. The van der Waals surface area contributed by atoms with Crippen molar-refractivity contribution < 1.29 is 14.0 Å². The minimum atomic E-state index is -0.366. The maximum atomic E-state index is 13.0. The fraction of sp³-hybridized carbons (Fsp3) is 0.263. The molecule has 0 aliphatic carbocycles. The van der Waals surface area contributed by atoms with Gasteiger partial charge in [-0.1, -0.05) is 6.07 Å². The molecule has 0 unspecified atom stereocenters. The molecule has 4 nitrogen and oxygen atoms in total. The molecular formula is C19H21FN2O2. The second kappa shape index (κ2) is 7.73. The van der Waals surface area contributed by atoms with Crippen LogP contribution in [0.25, 0.3) is 0 Å². The summed E-state index contributed by atoms with van der Waals surface area (Å²) >= 11 is 0. The predicted molar refractivity (Wildman–Crippen MR) is 93.6 cm³/mol. The molecule has 1 N–H and O–H groups in total. The van der Waals surface area contributed by atoms with E-state index in [9.17, 15) is 14.0 Å². The standard InChI is InChI=1S/C19H21FN2O2/c1-13-4-7-17(12-14(13)2)21-19(24)10-11-22(15(3)23)18-8-5-16(20)6-9-18/h4-9,12H,10-11H2,1-3H3,(H,21,24). The Hall–Kier alpha value is -2.69. The number of halogens is 1. The fourth-order valence-electron chi connectivity index (χ4n) is 2.35. The molecule has 0 spiro atoms. The summed E-state index contributed by atoms with van der Waals surface area (Å²) in [5, 5.41) is 2.83. The van der Waals surface area contributed by atoms with Crippen molar-refractivity contribution in [3.63, 3.8) is 0 Å². The van der Waals surface area contributed by atoms with E-state index in [1.54, 1.807) is 0 Å². The van der Waals surface area contributed by atoms with Crippen LogP contribution < -0.4 is 10.2 Å². The van der Waals surface area contributed by atoms with Gasteiger partial charge in [-0.25, -0.2) is 4.39 Å². The third-order valence-electron chi connectivity index (χ3n) is 3.87. The van der Waals surface area contributed by atoms with Crippen LogP contribution >= 0.6 is 0 Å². The Morgan fingerprint density at radius 2 is 1.71 bits per heavy atom. The molecule has 0 bridgehead atoms. The number of nitrogens with zero attached hydrogens (tertiary/aromatic N) is 1. The van der Waals surface area contributed by atoms with Crippen LogP contribution in [0.5, 0.6) is 0 Å². The van der Waals surface area contributed by atoms with Crippen LogP contribution in [0.15, 0.2) is 42.5 Å². The van der Waals surface area contributed by atoms with E-state index in [-0.39, 0.29) is 30.6 Å². The summed E-state index contributed by atoms with van der Waals surface area (Å²) in [7, 11) is 0. The average molecular weight is 328 g/mol. The molecule has 5 heteroatoms. The first kappa shape index (κ1) is 17.7. The molecule has 2 rings (SSSR count). The SMILES string of the molecule is CC(=O)N(CCC(=O)Nc1ccc(C)c(C)c1)c1ccc(F)cc1. The molecule has 126 valence electrons. The summed E-state index contributed by atoms with van der Waals surface area (Å²) in [6.07, 6.45) is 0.157. The number of hydrogen-bond donors (Lipinski definition) is 1. The molecule has 0 aliphatic rings. The summed E-state index contributed by atoms with van der Waals surface area (Å²) < 4.78 is 13.0. The summed E-state index contributed by atoms with van der Waals surface area (Å²) in [6, 6.07) is 11.3. The number of amides is 2. The lowest BCUT2D eigenvalue weighted by molar-refractivity contribution is -0.117. The molecule has 0 radical (unpaired) electrons. The van der Waals surface area contributed by atoms with Crippen LogP contribution in [-0.2, 0) is 9.59 Å². The molecule has 0 fully saturated rings. The molecule has 2 amide bonds. The van der Waals surface area contributed by atoms with Crippen LogP contribution in [0.4, 0.5) is 15.8 Å². The molecule has 2 aromatic carbocycles. The van der Waals surface area contributed by atoms with Gasteiger partial charge in [-0.15, -0.1) is 0 Å². The number of rotatable bonds is 5. The van der Waals surface area contributed by atoms with Crippen molar-refractivity contribution in [3.05, 3.63) is 59.4 Å². The Morgan fingerprint density at radius 3 is 2.29 bits per heavy atom. The van der Waals surface area contributed by atoms with E-state index in [1.807, 2.05) is 32.0 Å². The van der Waals surface area contributed by atoms with Crippen molar-refractivity contribution in [2.75, 3.05) is 16.8 Å². The van der Waals surface area contributed by atoms with Crippen LogP contribution in [0.1, 0.15) is 24.5 Å². The molecule has 0 heterocycles. The molecule has 24 heavy (non-hydrogen) atoms. The van der Waals surface area contributed by atoms with Gasteiger partial charge in [0.2, 0.25) is 11.8 Å². The van der Waals surface area contributed by atoms with Gasteiger partial charge in [0.05, 0.1) is 0 Å². The van der Waals surface area contributed by atoms with E-state index in [0.29, 0.717) is 5.69 Å². The Kier molecular flexibility index (Phi) is 5.68. The summed E-state index contributed by atoms with van der Waals surface area (Å²) in [4.78, 5) is 25.4. The first-order valence-corrected chi connectivity index (χ1v) is 7.77. The van der Waals surface area contributed by atoms with Crippen molar-refractivity contribution in [2.45, 2.75) is 27.2 Å². The van der Waals surface area contributed by atoms with E-state index < -0.39 is 0 Å². The lowest BCUT2D eigenvalue weighted by Gasteiger charge is -2.21. The van der Waals surface area contributed by atoms with E-state index in [2.05, 4.69) is 5.32 Å². The van der Waals surface area contributed by atoms with Gasteiger partial charge < -0.3 is 10.2 Å². The number of benzene rings is 2. The topological polar surface area (TPSA) is 49.4 Å². The Labute approximate surface area is 141 Å². The van der Waals surface area contributed by atoms with Gasteiger partial charge in [-0.3, -0.25) is 9.59 Å². The monoisotopic (exact) mass is 328 g/mol. The molecule has 2 aromatic rings. The van der Waals surface area contributed by atoms with Crippen molar-refractivity contribution in [1.82, 2.24) is 0 Å². The number of carbonyl (C=O) groups excluding carboxylic acids is 2. The van der Waals surface area contributed by atoms with Crippen LogP contribution in [0, 0.1) is 19.7 Å². The van der Waals surface area contributed by atoms with Gasteiger partial charge in [-0.05, 0) is 61.4 Å². The first-order chi connectivity index (χ1) is 11.4. The lowest BCUT2D eigenvalue weighted by atomic mass is 10.1. The van der Waals surface area contributed by atoms with E-state index >= 15 is 0 Å². The van der Waals surface area contributed by atoms with Crippen molar-refractivity contribution in [1.29, 1.82) is 0 Å². The number of aryl methyl sites for hydroxylation is 2. The van der Waals surface area contributed by atoms with E-state index in [4.69, 9.17) is 0 Å². The van der Waals surface area contributed by atoms with Crippen LogP contribution in [-0.4, -0.2) is 18.4 Å². The Morgan fingerprint density at radius 1 is 1.04 bits per heavy atom. The number of hydrogen-bond acceptors (Lipinski definition) is 2. The molecule has 0 atom stereocenters. The lowest BCUT2D eigenvalue weighted by Crippen LogP contribution is -2.31. The summed E-state index contributed by atoms with van der Waals surface area (Å²) in [5.41, 5.74) is 3.57. The Bertz CT molecular complexity index is 742. The molecule has 0 saturated carbocycles. The number of anilines is 2. The number of carbonyl (C=O) groups is 2. The van der Waals surface area contributed by atoms with Crippen molar-refractivity contribution >= 4 is 23.2 Å². The van der Waals surface area contributed by atoms with Crippen molar-refractivity contribution in [3.8, 4) is 0 Å². The normalized spacial score (nSPS) is 10.3. The molecule has 0 aromatic heterocycles. The maximum Gasteiger partial charge on any atom is 0.226 e. The second-order valence-corrected chi connectivity index (χ2v) is 5.74. The predicted octanol–water partition coefficient (Wildman–Crippen LogP) is 3.82. The zero-order chi connectivity index (χ0) is 17.7. The van der Waals surface area contributed by atoms with Gasteiger partial charge in [0.25, 0.3) is 0 Å². The van der Waals surface area contributed by atoms with E-state index in [0.717, 1.165) is 16.8 Å². The minimum absolute atomic E-state index is 0.157. The third kappa shape index (κ3) is 4.65. The zero-order valence-electron chi connectivity index (χ0n) is 14.1. The third-order valence-corrected chi connectivity index (χ3v) is 3.87. The quantitative estimate of drug-likeness (QED) is 0.907. The molecular weight excluding hydrogens is 307 g/mol. The van der Waals surface area contributed by atoms with Crippen LogP contribution in [0.3, 0.4) is 0 Å². The Balaban J connectivity index is 1.98. The smallest absolute Gasteiger partial charge is 0.226 e. The maximum absolute atomic E-state index is 13.0.